The third kappa shape index (κ3) is 3.06. The Balaban J connectivity index is 1.89. The molecule has 0 amide bonds. The van der Waals surface area contributed by atoms with Gasteiger partial charge in [0.1, 0.15) is 10.8 Å². The molecule has 0 aliphatic rings. The maximum atomic E-state index is 9.55. The number of aromatic nitrogens is 1. The summed E-state index contributed by atoms with van der Waals surface area (Å²) in [6, 6.07) is 15.1. The molecule has 1 heterocycles. The van der Waals surface area contributed by atoms with Crippen molar-refractivity contribution in [3.8, 4) is 16.3 Å². The Morgan fingerprint density at radius 1 is 1.14 bits per heavy atom. The lowest BCUT2D eigenvalue weighted by molar-refractivity contribution is 0.474. The van der Waals surface area contributed by atoms with Crippen molar-refractivity contribution in [2.75, 3.05) is 5.73 Å². The summed E-state index contributed by atoms with van der Waals surface area (Å²) in [7, 11) is 0. The van der Waals surface area contributed by atoms with Crippen molar-refractivity contribution < 1.29 is 5.11 Å². The van der Waals surface area contributed by atoms with Crippen LogP contribution in [0, 0.1) is 6.92 Å². The normalized spacial score (nSPS) is 10.7. The Labute approximate surface area is 127 Å². The molecule has 0 bridgehead atoms. The van der Waals surface area contributed by atoms with Crippen molar-refractivity contribution in [2.24, 2.45) is 0 Å². The van der Waals surface area contributed by atoms with Gasteiger partial charge >= 0.3 is 0 Å². The van der Waals surface area contributed by atoms with E-state index in [-0.39, 0.29) is 0 Å². The number of hydrogen-bond donors (Lipinski definition) is 2. The highest BCUT2D eigenvalue weighted by Gasteiger charge is 2.10. The first-order valence-electron chi connectivity index (χ1n) is 6.72. The lowest BCUT2D eigenvalue weighted by atomic mass is 10.1. The van der Waals surface area contributed by atoms with Gasteiger partial charge in [0.15, 0.2) is 0 Å². The van der Waals surface area contributed by atoms with Gasteiger partial charge in [-0.3, -0.25) is 0 Å². The molecule has 0 saturated carbocycles. The second-order valence-electron chi connectivity index (χ2n) is 5.00. The van der Waals surface area contributed by atoms with Gasteiger partial charge in [-0.2, -0.15) is 0 Å². The van der Waals surface area contributed by atoms with E-state index in [1.165, 1.54) is 4.88 Å². The van der Waals surface area contributed by atoms with Crippen LogP contribution in [0.4, 0.5) is 5.69 Å². The van der Waals surface area contributed by atoms with Crippen LogP contribution in [0.3, 0.4) is 0 Å². The van der Waals surface area contributed by atoms with E-state index >= 15 is 0 Å². The number of anilines is 1. The van der Waals surface area contributed by atoms with E-state index in [0.29, 0.717) is 5.75 Å². The molecule has 3 aromatic rings. The first-order chi connectivity index (χ1) is 10.1. The maximum absolute atomic E-state index is 9.55. The Morgan fingerprint density at radius 2 is 1.90 bits per heavy atom. The quantitative estimate of drug-likeness (QED) is 0.718. The minimum Gasteiger partial charge on any atom is -0.508 e. The largest absolute Gasteiger partial charge is 0.508 e. The summed E-state index contributed by atoms with van der Waals surface area (Å²) >= 11 is 1.69. The molecule has 0 fully saturated rings. The Hall–Kier alpha value is -2.33. The maximum Gasteiger partial charge on any atom is 0.123 e. The van der Waals surface area contributed by atoms with Crippen molar-refractivity contribution in [1.82, 2.24) is 4.98 Å². The zero-order valence-electron chi connectivity index (χ0n) is 11.7. The molecule has 21 heavy (non-hydrogen) atoms. The van der Waals surface area contributed by atoms with E-state index in [0.717, 1.165) is 33.9 Å². The molecule has 3 nitrogen and oxygen atoms in total. The number of aromatic hydroxyl groups is 1. The number of nitrogens with two attached hydrogens (primary N) is 1. The fourth-order valence-electron chi connectivity index (χ4n) is 2.19. The van der Waals surface area contributed by atoms with Crippen LogP contribution >= 0.6 is 11.3 Å². The van der Waals surface area contributed by atoms with Crippen molar-refractivity contribution in [1.29, 1.82) is 0 Å². The van der Waals surface area contributed by atoms with Gasteiger partial charge in [-0.15, -0.1) is 11.3 Å². The first kappa shape index (κ1) is 13.6. The number of aryl methyl sites for hydroxylation is 1. The summed E-state index contributed by atoms with van der Waals surface area (Å²) in [5, 5.41) is 10.5. The van der Waals surface area contributed by atoms with Gasteiger partial charge in [0.05, 0.1) is 5.69 Å². The number of benzene rings is 2. The summed E-state index contributed by atoms with van der Waals surface area (Å²) in [5.41, 5.74) is 9.68. The van der Waals surface area contributed by atoms with Gasteiger partial charge < -0.3 is 10.8 Å². The number of phenolic OH excluding ortho intramolecular Hbond substituents is 1. The van der Waals surface area contributed by atoms with Gasteiger partial charge in [-0.05, 0) is 48.9 Å². The van der Waals surface area contributed by atoms with Gasteiger partial charge in [-0.1, -0.05) is 12.1 Å². The monoisotopic (exact) mass is 296 g/mol. The van der Waals surface area contributed by atoms with E-state index in [9.17, 15) is 5.11 Å². The zero-order valence-corrected chi connectivity index (χ0v) is 12.5. The predicted molar refractivity (Wildman–Crippen MR) is 87.6 cm³/mol. The predicted octanol–water partition coefficient (Wildman–Crippen LogP) is 4.00. The topological polar surface area (TPSA) is 59.1 Å². The van der Waals surface area contributed by atoms with Crippen LogP contribution in [0.25, 0.3) is 10.6 Å². The standard InChI is InChI=1S/C17H16N2OS/c1-11-16(10-12-3-2-4-15(20)9-12)21-17(19-11)13-5-7-14(18)8-6-13/h2-9,20H,10,18H2,1H3. The summed E-state index contributed by atoms with van der Waals surface area (Å²) < 4.78 is 0. The number of thiazole rings is 1. The second-order valence-corrected chi connectivity index (χ2v) is 6.08. The zero-order chi connectivity index (χ0) is 14.8. The van der Waals surface area contributed by atoms with E-state index in [1.54, 1.807) is 23.5 Å². The highest BCUT2D eigenvalue weighted by atomic mass is 32.1. The third-order valence-corrected chi connectivity index (χ3v) is 4.53. The van der Waals surface area contributed by atoms with Gasteiger partial charge in [0.25, 0.3) is 0 Å². The molecule has 2 aromatic carbocycles. The third-order valence-electron chi connectivity index (χ3n) is 3.33. The van der Waals surface area contributed by atoms with Crippen molar-refractivity contribution in [3.05, 3.63) is 64.7 Å². The molecule has 3 rings (SSSR count). The second kappa shape index (κ2) is 5.58. The molecular weight excluding hydrogens is 280 g/mol. The summed E-state index contributed by atoms with van der Waals surface area (Å²) in [6.45, 7) is 2.02. The number of nitrogen functional groups attached to an aromatic ring is 1. The van der Waals surface area contributed by atoms with Crippen molar-refractivity contribution in [2.45, 2.75) is 13.3 Å². The van der Waals surface area contributed by atoms with Crippen LogP contribution in [0.5, 0.6) is 5.75 Å². The number of phenols is 1. The van der Waals surface area contributed by atoms with Crippen molar-refractivity contribution >= 4 is 17.0 Å². The smallest absolute Gasteiger partial charge is 0.123 e. The number of hydrogen-bond acceptors (Lipinski definition) is 4. The summed E-state index contributed by atoms with van der Waals surface area (Å²) in [4.78, 5) is 5.86. The number of nitrogens with zero attached hydrogens (tertiary/aromatic N) is 1. The van der Waals surface area contributed by atoms with E-state index in [1.807, 2.05) is 43.3 Å². The molecule has 4 heteroatoms. The summed E-state index contributed by atoms with van der Waals surface area (Å²) in [5.74, 6) is 0.299. The first-order valence-corrected chi connectivity index (χ1v) is 7.53. The van der Waals surface area contributed by atoms with Crippen LogP contribution in [-0.4, -0.2) is 10.1 Å². The average Bonchev–Trinajstić information content (AvgIpc) is 2.81. The molecule has 0 atom stereocenters. The molecule has 0 aliphatic carbocycles. The van der Waals surface area contributed by atoms with E-state index in [4.69, 9.17) is 5.73 Å². The van der Waals surface area contributed by atoms with Crippen LogP contribution in [-0.2, 0) is 6.42 Å². The Morgan fingerprint density at radius 3 is 2.62 bits per heavy atom. The van der Waals surface area contributed by atoms with Crippen molar-refractivity contribution in [3.63, 3.8) is 0 Å². The molecule has 0 saturated heterocycles. The fraction of sp³-hybridized carbons (Fsp3) is 0.118. The SMILES string of the molecule is Cc1nc(-c2ccc(N)cc2)sc1Cc1cccc(O)c1. The molecule has 0 radical (unpaired) electrons. The summed E-state index contributed by atoms with van der Waals surface area (Å²) in [6.07, 6.45) is 0.785. The fourth-order valence-corrected chi connectivity index (χ4v) is 3.30. The molecule has 106 valence electrons. The molecule has 1 aromatic heterocycles. The van der Waals surface area contributed by atoms with Gasteiger partial charge in [-0.25, -0.2) is 4.98 Å². The van der Waals surface area contributed by atoms with Crippen LogP contribution in [0.2, 0.25) is 0 Å². The minimum absolute atomic E-state index is 0.299. The molecule has 0 unspecified atom stereocenters. The average molecular weight is 296 g/mol. The van der Waals surface area contributed by atoms with Gasteiger partial charge in [0, 0.05) is 22.5 Å². The van der Waals surface area contributed by atoms with E-state index in [2.05, 4.69) is 4.98 Å². The van der Waals surface area contributed by atoms with Crippen LogP contribution in [0.15, 0.2) is 48.5 Å². The van der Waals surface area contributed by atoms with Crippen LogP contribution in [0.1, 0.15) is 16.1 Å². The lowest BCUT2D eigenvalue weighted by Crippen LogP contribution is -1.87. The Bertz CT molecular complexity index is 763. The molecular formula is C17H16N2OS. The number of rotatable bonds is 3. The Kier molecular flexibility index (Phi) is 3.62. The molecule has 0 aliphatic heterocycles. The van der Waals surface area contributed by atoms with Gasteiger partial charge in [0.2, 0.25) is 0 Å². The highest BCUT2D eigenvalue weighted by molar-refractivity contribution is 7.15. The molecule has 3 N–H and O–H groups in total. The minimum atomic E-state index is 0.299. The molecule has 0 spiro atoms. The van der Waals surface area contributed by atoms with E-state index < -0.39 is 0 Å². The highest BCUT2D eigenvalue weighted by Crippen LogP contribution is 2.30. The lowest BCUT2D eigenvalue weighted by Gasteiger charge is -2.00. The van der Waals surface area contributed by atoms with Crippen LogP contribution < -0.4 is 5.73 Å².